The number of alkyl halides is 3. The molecular formula is C27H27BrF3N3O3. The lowest BCUT2D eigenvalue weighted by Crippen LogP contribution is -2.32. The van der Waals surface area contributed by atoms with Gasteiger partial charge in [-0.1, -0.05) is 30.3 Å². The number of nitrogens with one attached hydrogen (secondary N) is 2. The highest BCUT2D eigenvalue weighted by molar-refractivity contribution is 9.10. The maximum atomic E-state index is 13.4. The zero-order valence-electron chi connectivity index (χ0n) is 20.7. The van der Waals surface area contributed by atoms with Crippen molar-refractivity contribution in [3.63, 3.8) is 0 Å². The van der Waals surface area contributed by atoms with Gasteiger partial charge in [0.1, 0.15) is 5.60 Å². The average Bonchev–Trinajstić information content (AvgIpc) is 2.81. The van der Waals surface area contributed by atoms with E-state index in [1.165, 1.54) is 12.3 Å². The number of benzene rings is 2. The molecule has 0 aliphatic rings. The van der Waals surface area contributed by atoms with Gasteiger partial charge >= 0.3 is 12.3 Å². The number of amides is 2. The third-order valence-corrected chi connectivity index (χ3v) is 5.73. The molecule has 0 radical (unpaired) electrons. The fourth-order valence-electron chi connectivity index (χ4n) is 3.51. The van der Waals surface area contributed by atoms with Crippen molar-refractivity contribution in [2.75, 3.05) is 0 Å². The first kappa shape index (κ1) is 28.2. The molecule has 1 atom stereocenters. The zero-order chi connectivity index (χ0) is 27.4. The fourth-order valence-corrected chi connectivity index (χ4v) is 3.87. The number of carbonyl (C=O) groups is 2. The first-order valence-corrected chi connectivity index (χ1v) is 12.2. The Labute approximate surface area is 221 Å². The molecule has 1 aromatic heterocycles. The van der Waals surface area contributed by atoms with Crippen LogP contribution in [0.2, 0.25) is 0 Å². The van der Waals surface area contributed by atoms with Crippen LogP contribution in [-0.2, 0) is 17.5 Å². The Kier molecular flexibility index (Phi) is 8.63. The molecular weight excluding hydrogens is 551 g/mol. The minimum absolute atomic E-state index is 0.0166. The van der Waals surface area contributed by atoms with Crippen molar-refractivity contribution in [3.05, 3.63) is 87.7 Å². The minimum Gasteiger partial charge on any atom is -0.444 e. The number of ether oxygens (including phenoxy) is 1. The van der Waals surface area contributed by atoms with Crippen molar-refractivity contribution in [1.29, 1.82) is 0 Å². The summed E-state index contributed by atoms with van der Waals surface area (Å²) in [6, 6.07) is 11.5. The monoisotopic (exact) mass is 577 g/mol. The van der Waals surface area contributed by atoms with Crippen molar-refractivity contribution in [1.82, 2.24) is 15.6 Å². The van der Waals surface area contributed by atoms with E-state index in [1.807, 2.05) is 0 Å². The lowest BCUT2D eigenvalue weighted by molar-refractivity contribution is -0.137. The normalized spacial score (nSPS) is 12.5. The van der Waals surface area contributed by atoms with Crippen LogP contribution in [0.5, 0.6) is 0 Å². The molecule has 37 heavy (non-hydrogen) atoms. The lowest BCUT2D eigenvalue weighted by atomic mass is 9.95. The van der Waals surface area contributed by atoms with Gasteiger partial charge in [0.2, 0.25) is 0 Å². The molecule has 2 aromatic carbocycles. The molecule has 0 saturated heterocycles. The van der Waals surface area contributed by atoms with E-state index in [9.17, 15) is 22.8 Å². The van der Waals surface area contributed by atoms with Gasteiger partial charge in [-0.2, -0.15) is 13.2 Å². The first-order chi connectivity index (χ1) is 17.2. The number of alkyl carbamates (subject to hydrolysis) is 1. The molecule has 0 bridgehead atoms. The number of pyridine rings is 1. The fraction of sp³-hybridized carbons (Fsp3) is 0.296. The Morgan fingerprint density at radius 2 is 1.70 bits per heavy atom. The largest absolute Gasteiger partial charge is 0.444 e. The number of hydrogen-bond acceptors (Lipinski definition) is 4. The van der Waals surface area contributed by atoms with E-state index in [0.717, 1.165) is 17.7 Å². The zero-order valence-corrected chi connectivity index (χ0v) is 22.3. The average molecular weight is 578 g/mol. The second kappa shape index (κ2) is 11.3. The highest BCUT2D eigenvalue weighted by Crippen LogP contribution is 2.34. The summed E-state index contributed by atoms with van der Waals surface area (Å²) in [6.07, 6.45) is -2.16. The van der Waals surface area contributed by atoms with Crippen LogP contribution in [-0.4, -0.2) is 22.6 Å². The molecule has 10 heteroatoms. The highest BCUT2D eigenvalue weighted by atomic mass is 79.9. The topological polar surface area (TPSA) is 80.3 Å². The van der Waals surface area contributed by atoms with Gasteiger partial charge in [0.25, 0.3) is 5.91 Å². The van der Waals surface area contributed by atoms with E-state index < -0.39 is 23.4 Å². The molecule has 0 unspecified atom stereocenters. The van der Waals surface area contributed by atoms with Gasteiger partial charge in [0, 0.05) is 23.4 Å². The molecule has 0 aliphatic heterocycles. The molecule has 1 heterocycles. The number of halogens is 4. The summed E-state index contributed by atoms with van der Waals surface area (Å²) in [4.78, 5) is 28.6. The smallest absolute Gasteiger partial charge is 0.416 e. The first-order valence-electron chi connectivity index (χ1n) is 11.4. The Bertz CT molecular complexity index is 1270. The van der Waals surface area contributed by atoms with E-state index in [-0.39, 0.29) is 18.5 Å². The predicted octanol–water partition coefficient (Wildman–Crippen LogP) is 7.05. The Balaban J connectivity index is 1.82. The summed E-state index contributed by atoms with van der Waals surface area (Å²) in [5.41, 5.74) is 1.01. The van der Waals surface area contributed by atoms with Crippen molar-refractivity contribution in [2.24, 2.45) is 0 Å². The molecule has 6 nitrogen and oxygen atoms in total. The van der Waals surface area contributed by atoms with Crippen molar-refractivity contribution in [2.45, 2.75) is 52.1 Å². The van der Waals surface area contributed by atoms with Crippen molar-refractivity contribution < 1.29 is 27.5 Å². The minimum atomic E-state index is -4.52. The van der Waals surface area contributed by atoms with Gasteiger partial charge in [0.05, 0.1) is 17.2 Å². The standard InChI is InChI=1S/C27H27BrF3N3O3/c1-16(34-24(35)20-11-22(28)15-32-13-20)17-5-7-18(8-6-17)23-12-21(27(29,30)31)10-9-19(23)14-33-25(36)37-26(2,3)4/h5-13,15-16H,14H2,1-4H3,(H,33,36)(H,34,35)/t16-/m1/s1. The van der Waals surface area contributed by atoms with Crippen LogP contribution in [0, 0.1) is 0 Å². The Morgan fingerprint density at radius 1 is 1.03 bits per heavy atom. The summed E-state index contributed by atoms with van der Waals surface area (Å²) in [7, 11) is 0. The van der Waals surface area contributed by atoms with Crippen LogP contribution in [0.4, 0.5) is 18.0 Å². The molecule has 0 fully saturated rings. The third kappa shape index (κ3) is 8.04. The third-order valence-electron chi connectivity index (χ3n) is 5.30. The summed E-state index contributed by atoms with van der Waals surface area (Å²) < 4.78 is 46.2. The van der Waals surface area contributed by atoms with Gasteiger partial charge in [-0.05, 0) is 84.1 Å². The number of nitrogens with zero attached hydrogens (tertiary/aromatic N) is 1. The van der Waals surface area contributed by atoms with Crippen LogP contribution in [0.25, 0.3) is 11.1 Å². The number of carbonyl (C=O) groups excluding carboxylic acids is 2. The van der Waals surface area contributed by atoms with Crippen LogP contribution in [0.3, 0.4) is 0 Å². The summed E-state index contributed by atoms with van der Waals surface area (Å²) in [5.74, 6) is -0.307. The number of rotatable bonds is 6. The van der Waals surface area contributed by atoms with E-state index in [2.05, 4.69) is 31.5 Å². The summed E-state index contributed by atoms with van der Waals surface area (Å²) >= 11 is 3.28. The second-order valence-electron chi connectivity index (χ2n) is 9.43. The van der Waals surface area contributed by atoms with Crippen LogP contribution in [0.1, 0.15) is 60.8 Å². The lowest BCUT2D eigenvalue weighted by Gasteiger charge is -2.20. The van der Waals surface area contributed by atoms with Crippen LogP contribution < -0.4 is 10.6 Å². The van der Waals surface area contributed by atoms with E-state index >= 15 is 0 Å². The second-order valence-corrected chi connectivity index (χ2v) is 10.3. The predicted molar refractivity (Wildman–Crippen MR) is 138 cm³/mol. The molecule has 2 amide bonds. The molecule has 3 aromatic rings. The molecule has 0 spiro atoms. The maximum Gasteiger partial charge on any atom is 0.416 e. The Hall–Kier alpha value is -3.40. The van der Waals surface area contributed by atoms with Crippen molar-refractivity contribution >= 4 is 27.9 Å². The SMILES string of the molecule is C[C@@H](NC(=O)c1cncc(Br)c1)c1ccc(-c2cc(C(F)(F)F)ccc2CNC(=O)OC(C)(C)C)cc1. The summed E-state index contributed by atoms with van der Waals surface area (Å²) in [6.45, 7) is 6.94. The molecule has 0 saturated carbocycles. The highest BCUT2D eigenvalue weighted by Gasteiger charge is 2.31. The number of aromatic nitrogens is 1. The molecule has 3 rings (SSSR count). The molecule has 2 N–H and O–H groups in total. The van der Waals surface area contributed by atoms with Crippen LogP contribution >= 0.6 is 15.9 Å². The maximum absolute atomic E-state index is 13.4. The van der Waals surface area contributed by atoms with Gasteiger partial charge in [-0.15, -0.1) is 0 Å². The van der Waals surface area contributed by atoms with Gasteiger partial charge in [-0.3, -0.25) is 9.78 Å². The van der Waals surface area contributed by atoms with Gasteiger partial charge in [-0.25, -0.2) is 4.79 Å². The van der Waals surface area contributed by atoms with E-state index in [1.54, 1.807) is 64.2 Å². The quantitative estimate of drug-likeness (QED) is 0.329. The van der Waals surface area contributed by atoms with E-state index in [4.69, 9.17) is 4.74 Å². The Morgan fingerprint density at radius 3 is 2.30 bits per heavy atom. The van der Waals surface area contributed by atoms with Gasteiger partial charge in [0.15, 0.2) is 0 Å². The van der Waals surface area contributed by atoms with Crippen LogP contribution in [0.15, 0.2) is 65.4 Å². The van der Waals surface area contributed by atoms with E-state index in [0.29, 0.717) is 26.7 Å². The van der Waals surface area contributed by atoms with Crippen molar-refractivity contribution in [3.8, 4) is 11.1 Å². The summed E-state index contributed by atoms with van der Waals surface area (Å²) in [5, 5.41) is 5.48. The van der Waals surface area contributed by atoms with Gasteiger partial charge < -0.3 is 15.4 Å². The molecule has 196 valence electrons. The molecule has 0 aliphatic carbocycles. The number of hydrogen-bond donors (Lipinski definition) is 2.